The number of rotatable bonds is 3. The number of thiocarbonyl (C=S) groups is 1. The van der Waals surface area contributed by atoms with E-state index in [1.54, 1.807) is 6.92 Å². The van der Waals surface area contributed by atoms with Crippen LogP contribution in [0.3, 0.4) is 0 Å². The number of hydrogen-bond donors (Lipinski definition) is 3. The van der Waals surface area contributed by atoms with Crippen molar-refractivity contribution in [1.82, 2.24) is 20.6 Å². The molecule has 2 aromatic carbocycles. The van der Waals surface area contributed by atoms with Crippen LogP contribution < -0.4 is 21.6 Å². The number of nitrogens with one attached hydrogen (secondary N) is 3. The highest BCUT2D eigenvalue weighted by molar-refractivity contribution is 7.80. The summed E-state index contributed by atoms with van der Waals surface area (Å²) in [5.74, 6) is -1.11. The van der Waals surface area contributed by atoms with Crippen molar-refractivity contribution in [3.63, 3.8) is 0 Å². The first kappa shape index (κ1) is 19.2. The minimum Gasteiger partial charge on any atom is -0.331 e. The largest absolute Gasteiger partial charge is 0.331 e. The normalized spacial score (nSPS) is 10.2. The van der Waals surface area contributed by atoms with E-state index in [9.17, 15) is 14.0 Å². The molecule has 1 aromatic heterocycles. The summed E-state index contributed by atoms with van der Waals surface area (Å²) in [4.78, 5) is 24.6. The number of aromatic nitrogens is 2. The molecule has 0 aliphatic carbocycles. The molecule has 1 amide bonds. The maximum atomic E-state index is 12.9. The van der Waals surface area contributed by atoms with Gasteiger partial charge >= 0.3 is 0 Å². The summed E-state index contributed by atoms with van der Waals surface area (Å²) >= 11 is 5.06. The average Bonchev–Trinajstić information content (AvgIpc) is 2.69. The number of para-hydroxylation sites is 1. The predicted molar refractivity (Wildman–Crippen MR) is 108 cm³/mol. The number of amides is 1. The summed E-state index contributed by atoms with van der Waals surface area (Å²) in [5.41, 5.74) is 5.86. The van der Waals surface area contributed by atoms with Crippen LogP contribution in [-0.4, -0.2) is 20.8 Å². The summed E-state index contributed by atoms with van der Waals surface area (Å²) in [6.45, 7) is 1.73. The Hall–Kier alpha value is -3.59. The zero-order chi connectivity index (χ0) is 20.1. The second-order valence-electron chi connectivity index (χ2n) is 5.79. The first-order valence-electron chi connectivity index (χ1n) is 8.23. The van der Waals surface area contributed by atoms with Crippen molar-refractivity contribution in [3.8, 4) is 5.69 Å². The molecule has 0 atom stereocenters. The first-order chi connectivity index (χ1) is 13.4. The van der Waals surface area contributed by atoms with Crippen molar-refractivity contribution in [2.24, 2.45) is 0 Å². The fourth-order valence-electron chi connectivity index (χ4n) is 2.40. The van der Waals surface area contributed by atoms with Gasteiger partial charge in [-0.3, -0.25) is 20.4 Å². The standard InChI is InChI=1S/C19H16FN5O2S/c1-12-11-16(26)17(24-25(12)15-5-3-2-4-6-15)18(27)22-23-19(28)21-14-9-7-13(20)8-10-14/h2-11H,1H3,(H,22,27)(H2,21,23,28). The molecule has 142 valence electrons. The van der Waals surface area contributed by atoms with Gasteiger partial charge in [0.1, 0.15) is 5.82 Å². The maximum absolute atomic E-state index is 12.9. The Kier molecular flexibility index (Phi) is 5.75. The van der Waals surface area contributed by atoms with E-state index in [1.165, 1.54) is 35.0 Å². The van der Waals surface area contributed by atoms with E-state index in [-0.39, 0.29) is 16.6 Å². The van der Waals surface area contributed by atoms with Crippen LogP contribution in [0.4, 0.5) is 10.1 Å². The van der Waals surface area contributed by atoms with Crippen LogP contribution in [0.1, 0.15) is 16.2 Å². The van der Waals surface area contributed by atoms with E-state index in [2.05, 4.69) is 21.3 Å². The molecular formula is C19H16FN5O2S. The maximum Gasteiger partial charge on any atom is 0.294 e. The van der Waals surface area contributed by atoms with Crippen LogP contribution in [0.2, 0.25) is 0 Å². The van der Waals surface area contributed by atoms with Gasteiger partial charge < -0.3 is 5.32 Å². The average molecular weight is 397 g/mol. The lowest BCUT2D eigenvalue weighted by molar-refractivity contribution is 0.0936. The van der Waals surface area contributed by atoms with E-state index in [1.807, 2.05) is 30.3 Å². The predicted octanol–water partition coefficient (Wildman–Crippen LogP) is 2.31. The molecule has 0 aliphatic heterocycles. The first-order valence-corrected chi connectivity index (χ1v) is 8.64. The molecule has 0 aliphatic rings. The van der Waals surface area contributed by atoms with Gasteiger partial charge in [0.15, 0.2) is 10.8 Å². The molecule has 1 heterocycles. The Morgan fingerprint density at radius 1 is 1.07 bits per heavy atom. The van der Waals surface area contributed by atoms with Gasteiger partial charge in [-0.25, -0.2) is 9.07 Å². The lowest BCUT2D eigenvalue weighted by Gasteiger charge is -2.13. The Morgan fingerprint density at radius 3 is 2.43 bits per heavy atom. The van der Waals surface area contributed by atoms with E-state index in [4.69, 9.17) is 12.2 Å². The molecule has 3 rings (SSSR count). The van der Waals surface area contributed by atoms with Crippen molar-refractivity contribution in [2.45, 2.75) is 6.92 Å². The lowest BCUT2D eigenvalue weighted by atomic mass is 10.3. The van der Waals surface area contributed by atoms with Gasteiger partial charge in [0.25, 0.3) is 5.91 Å². The quantitative estimate of drug-likeness (QED) is 0.464. The molecule has 9 heteroatoms. The molecule has 0 radical (unpaired) electrons. The second-order valence-corrected chi connectivity index (χ2v) is 6.19. The number of halogens is 1. The van der Waals surface area contributed by atoms with Gasteiger partial charge in [-0.05, 0) is 55.5 Å². The van der Waals surface area contributed by atoms with Gasteiger partial charge in [0, 0.05) is 17.4 Å². The van der Waals surface area contributed by atoms with Gasteiger partial charge in [0.2, 0.25) is 5.43 Å². The van der Waals surface area contributed by atoms with Crippen LogP contribution in [-0.2, 0) is 0 Å². The number of aryl methyl sites for hydroxylation is 1. The number of hydrogen-bond acceptors (Lipinski definition) is 4. The van der Waals surface area contributed by atoms with Crippen molar-refractivity contribution in [3.05, 3.63) is 88.1 Å². The fourth-order valence-corrected chi connectivity index (χ4v) is 2.57. The molecule has 0 saturated heterocycles. The zero-order valence-electron chi connectivity index (χ0n) is 14.8. The molecule has 3 aromatic rings. The molecule has 0 spiro atoms. The molecule has 7 nitrogen and oxygen atoms in total. The highest BCUT2D eigenvalue weighted by Gasteiger charge is 2.15. The summed E-state index contributed by atoms with van der Waals surface area (Å²) in [7, 11) is 0. The van der Waals surface area contributed by atoms with Crippen molar-refractivity contribution < 1.29 is 9.18 Å². The third kappa shape index (κ3) is 4.57. The summed E-state index contributed by atoms with van der Waals surface area (Å²) in [5, 5.41) is 7.00. The number of carbonyl (C=O) groups is 1. The van der Waals surface area contributed by atoms with Crippen LogP contribution in [0, 0.1) is 12.7 Å². The Balaban J connectivity index is 1.71. The number of hydrazine groups is 1. The fraction of sp³-hybridized carbons (Fsp3) is 0.0526. The van der Waals surface area contributed by atoms with Crippen LogP contribution in [0.25, 0.3) is 5.69 Å². The van der Waals surface area contributed by atoms with Crippen molar-refractivity contribution in [1.29, 1.82) is 0 Å². The van der Waals surface area contributed by atoms with Crippen LogP contribution >= 0.6 is 12.2 Å². The topological polar surface area (TPSA) is 88.1 Å². The Labute approximate surface area is 165 Å². The Morgan fingerprint density at radius 2 is 1.75 bits per heavy atom. The molecule has 0 fully saturated rings. The van der Waals surface area contributed by atoms with E-state index >= 15 is 0 Å². The second kappa shape index (κ2) is 8.40. The number of nitrogens with zero attached hydrogens (tertiary/aromatic N) is 2. The zero-order valence-corrected chi connectivity index (χ0v) is 15.6. The summed E-state index contributed by atoms with van der Waals surface area (Å²) in [6.07, 6.45) is 0. The SMILES string of the molecule is Cc1cc(=O)c(C(=O)NNC(=S)Nc2ccc(F)cc2)nn1-c1ccccc1. The van der Waals surface area contributed by atoms with Gasteiger partial charge in [-0.2, -0.15) is 5.10 Å². The van der Waals surface area contributed by atoms with Crippen LogP contribution in [0.5, 0.6) is 0 Å². The van der Waals surface area contributed by atoms with Crippen LogP contribution in [0.15, 0.2) is 65.5 Å². The van der Waals surface area contributed by atoms with Gasteiger partial charge in [-0.1, -0.05) is 18.2 Å². The lowest BCUT2D eigenvalue weighted by Crippen LogP contribution is -2.45. The van der Waals surface area contributed by atoms with Crippen molar-refractivity contribution >= 4 is 28.9 Å². The van der Waals surface area contributed by atoms with Gasteiger partial charge in [0.05, 0.1) is 5.69 Å². The van der Waals surface area contributed by atoms with E-state index < -0.39 is 11.3 Å². The minimum absolute atomic E-state index is 0.0652. The third-order valence-electron chi connectivity index (χ3n) is 3.71. The minimum atomic E-state index is -0.738. The summed E-state index contributed by atoms with van der Waals surface area (Å²) < 4.78 is 14.4. The van der Waals surface area contributed by atoms with E-state index in [0.29, 0.717) is 11.4 Å². The molecule has 0 bridgehead atoms. The summed E-state index contributed by atoms with van der Waals surface area (Å²) in [6, 6.07) is 16.0. The van der Waals surface area contributed by atoms with Crippen molar-refractivity contribution in [2.75, 3.05) is 5.32 Å². The monoisotopic (exact) mass is 397 g/mol. The molecule has 28 heavy (non-hydrogen) atoms. The number of carbonyl (C=O) groups excluding carboxylic acids is 1. The highest BCUT2D eigenvalue weighted by Crippen LogP contribution is 2.08. The highest BCUT2D eigenvalue weighted by atomic mass is 32.1. The third-order valence-corrected chi connectivity index (χ3v) is 3.92. The molecular weight excluding hydrogens is 381 g/mol. The Bertz CT molecular complexity index is 1070. The molecule has 3 N–H and O–H groups in total. The smallest absolute Gasteiger partial charge is 0.294 e. The number of anilines is 1. The van der Waals surface area contributed by atoms with E-state index in [0.717, 1.165) is 5.69 Å². The number of benzene rings is 2. The molecule has 0 saturated carbocycles. The van der Waals surface area contributed by atoms with Gasteiger partial charge in [-0.15, -0.1) is 0 Å². The molecule has 0 unspecified atom stereocenters.